The van der Waals surface area contributed by atoms with Gasteiger partial charge in [-0.15, -0.1) is 0 Å². The first-order valence-electron chi connectivity index (χ1n) is 14.0. The largest absolute Gasteiger partial charge is 0.493 e. The lowest BCUT2D eigenvalue weighted by Crippen LogP contribution is -2.45. The Morgan fingerprint density at radius 1 is 1.07 bits per heavy atom. The average Bonchev–Trinajstić information content (AvgIpc) is 3.03. The zero-order valence-corrected chi connectivity index (χ0v) is 26.0. The van der Waals surface area contributed by atoms with Crippen LogP contribution < -0.4 is 35.0 Å². The summed E-state index contributed by atoms with van der Waals surface area (Å²) in [6.07, 6.45) is 0.324. The second-order valence-corrected chi connectivity index (χ2v) is 10.1. The molecule has 0 fully saturated rings. The number of aliphatic hydroxyl groups excluding tert-OH is 1. The summed E-state index contributed by atoms with van der Waals surface area (Å²) in [6, 6.07) is 16.5. The van der Waals surface area contributed by atoms with Crippen molar-refractivity contribution in [3.63, 3.8) is 0 Å². The second kappa shape index (κ2) is 15.7. The Morgan fingerprint density at radius 2 is 1.84 bits per heavy atom. The molecule has 0 saturated heterocycles. The van der Waals surface area contributed by atoms with E-state index in [0.29, 0.717) is 51.5 Å². The highest BCUT2D eigenvalue weighted by atomic mass is 35.5. The molecule has 0 saturated carbocycles. The van der Waals surface area contributed by atoms with E-state index in [0.717, 1.165) is 5.56 Å². The molecule has 0 spiro atoms. The second-order valence-electron chi connectivity index (χ2n) is 9.71. The Morgan fingerprint density at radius 3 is 2.56 bits per heavy atom. The molecule has 12 nitrogen and oxygen atoms in total. The number of halogens is 1. The van der Waals surface area contributed by atoms with Crippen LogP contribution in [0.4, 0.5) is 4.79 Å². The molecule has 2 amide bonds. The lowest BCUT2D eigenvalue weighted by Gasteiger charge is -2.28. The number of esters is 1. The number of para-hydroxylation sites is 1. The van der Waals surface area contributed by atoms with Gasteiger partial charge in [0.25, 0.3) is 0 Å². The molecule has 1 aliphatic heterocycles. The van der Waals surface area contributed by atoms with E-state index < -0.39 is 24.3 Å². The Balaban J connectivity index is 1.42. The number of benzene rings is 3. The van der Waals surface area contributed by atoms with Gasteiger partial charge in [0, 0.05) is 16.3 Å². The predicted molar refractivity (Wildman–Crippen MR) is 168 cm³/mol. The van der Waals surface area contributed by atoms with Crippen LogP contribution >= 0.6 is 11.6 Å². The predicted octanol–water partition coefficient (Wildman–Crippen LogP) is 4.45. The Hall–Kier alpha value is -4.94. The molecule has 3 aromatic carbocycles. The molecule has 3 aromatic rings. The first-order chi connectivity index (χ1) is 21.7. The number of carbonyl (C=O) groups excluding carboxylic acids is 2. The van der Waals surface area contributed by atoms with Gasteiger partial charge in [0.1, 0.15) is 13.2 Å². The summed E-state index contributed by atoms with van der Waals surface area (Å²) in [6.45, 7) is 3.87. The van der Waals surface area contributed by atoms with Crippen LogP contribution in [0.3, 0.4) is 0 Å². The van der Waals surface area contributed by atoms with Gasteiger partial charge in [-0.3, -0.25) is 5.43 Å². The number of carbonyl (C=O) groups is 2. The van der Waals surface area contributed by atoms with Crippen LogP contribution in [0.1, 0.15) is 36.6 Å². The van der Waals surface area contributed by atoms with E-state index in [1.54, 1.807) is 62.6 Å². The number of hydrogen-bond acceptors (Lipinski definition) is 10. The van der Waals surface area contributed by atoms with E-state index >= 15 is 0 Å². The molecule has 0 aromatic heterocycles. The topological polar surface area (TPSA) is 149 Å². The van der Waals surface area contributed by atoms with Crippen LogP contribution in [-0.2, 0) is 16.1 Å². The maximum absolute atomic E-state index is 12.5. The highest BCUT2D eigenvalue weighted by Gasteiger charge is 2.32. The van der Waals surface area contributed by atoms with Crippen molar-refractivity contribution < 1.29 is 38.4 Å². The van der Waals surface area contributed by atoms with Crippen molar-refractivity contribution >= 4 is 29.8 Å². The van der Waals surface area contributed by atoms with E-state index in [2.05, 4.69) is 21.2 Å². The highest BCUT2D eigenvalue weighted by molar-refractivity contribution is 6.30. The monoisotopic (exact) mass is 638 g/mol. The molecular formula is C32H35ClN4O8. The molecule has 238 valence electrons. The fourth-order valence-corrected chi connectivity index (χ4v) is 4.63. The van der Waals surface area contributed by atoms with Gasteiger partial charge in [-0.1, -0.05) is 35.9 Å². The summed E-state index contributed by atoms with van der Waals surface area (Å²) in [4.78, 5) is 24.6. The van der Waals surface area contributed by atoms with Gasteiger partial charge in [0.2, 0.25) is 0 Å². The first kappa shape index (κ1) is 33.0. The number of methoxy groups -OCH3 is 2. The van der Waals surface area contributed by atoms with E-state index in [1.165, 1.54) is 13.3 Å². The minimum Gasteiger partial charge on any atom is -0.493 e. The summed E-state index contributed by atoms with van der Waals surface area (Å²) in [7, 11) is 2.82. The van der Waals surface area contributed by atoms with Crippen molar-refractivity contribution in [3.05, 3.63) is 93.6 Å². The van der Waals surface area contributed by atoms with E-state index in [4.69, 9.17) is 35.3 Å². The number of amides is 2. The summed E-state index contributed by atoms with van der Waals surface area (Å²) < 4.78 is 28.0. The maximum Gasteiger partial charge on any atom is 0.337 e. The van der Waals surface area contributed by atoms with Crippen LogP contribution in [0.15, 0.2) is 77.0 Å². The molecule has 4 N–H and O–H groups in total. The van der Waals surface area contributed by atoms with Gasteiger partial charge in [0.05, 0.1) is 38.7 Å². The van der Waals surface area contributed by atoms with Gasteiger partial charge in [0.15, 0.2) is 29.2 Å². The van der Waals surface area contributed by atoms with Crippen molar-refractivity contribution in [2.45, 2.75) is 32.7 Å². The number of urea groups is 1. The van der Waals surface area contributed by atoms with E-state index in [-0.39, 0.29) is 18.8 Å². The van der Waals surface area contributed by atoms with Gasteiger partial charge in [-0.05, 0) is 61.4 Å². The molecule has 45 heavy (non-hydrogen) atoms. The Kier molecular flexibility index (Phi) is 11.5. The third-order valence-electron chi connectivity index (χ3n) is 6.63. The van der Waals surface area contributed by atoms with E-state index in [1.807, 2.05) is 19.1 Å². The number of nitrogens with zero attached hydrogens (tertiary/aromatic N) is 1. The lowest BCUT2D eigenvalue weighted by molar-refractivity contribution is -0.136. The van der Waals surface area contributed by atoms with Crippen molar-refractivity contribution in [2.24, 2.45) is 5.10 Å². The maximum atomic E-state index is 12.5. The summed E-state index contributed by atoms with van der Waals surface area (Å²) >= 11 is 5.98. The standard InChI is InChI=1S/C32H35ClN4O8/c1-5-43-26-15-21(29-28(31(39)42-4)19(2)35-32(40)36-29)11-14-24(26)44-18-27(38)37-34-16-22-7-6-8-25(41-3)30(22)45-17-20-9-12-23(33)13-10-20/h6-16,27,29,37-38H,5,17-18H2,1-4H3,(H2,35,36,40)/b34-16+/t27-,29+/m1/s1. The molecule has 0 aliphatic carbocycles. The number of aliphatic hydroxyl groups is 1. The average molecular weight is 639 g/mol. The zero-order chi connectivity index (χ0) is 32.3. The van der Waals surface area contributed by atoms with Crippen LogP contribution in [0.25, 0.3) is 0 Å². The molecular weight excluding hydrogens is 604 g/mol. The third-order valence-corrected chi connectivity index (χ3v) is 6.88. The highest BCUT2D eigenvalue weighted by Crippen LogP contribution is 2.35. The molecule has 0 bridgehead atoms. The summed E-state index contributed by atoms with van der Waals surface area (Å²) in [5, 5.41) is 20.6. The molecule has 0 radical (unpaired) electrons. The normalized spacial score (nSPS) is 15.2. The molecule has 1 heterocycles. The summed E-state index contributed by atoms with van der Waals surface area (Å²) in [5.41, 5.74) is 5.41. The number of nitrogens with one attached hydrogen (secondary N) is 3. The Labute approximate surface area is 265 Å². The van der Waals surface area contributed by atoms with Gasteiger partial charge < -0.3 is 39.4 Å². The van der Waals surface area contributed by atoms with Crippen molar-refractivity contribution in [3.8, 4) is 23.0 Å². The fraction of sp³-hybridized carbons (Fsp3) is 0.281. The van der Waals surface area contributed by atoms with Crippen LogP contribution in [-0.4, -0.2) is 57.0 Å². The van der Waals surface area contributed by atoms with Crippen LogP contribution in [0.5, 0.6) is 23.0 Å². The number of hydrazone groups is 1. The number of hydrogen-bond donors (Lipinski definition) is 4. The van der Waals surface area contributed by atoms with Crippen molar-refractivity contribution in [1.29, 1.82) is 0 Å². The quantitative estimate of drug-likeness (QED) is 0.0870. The molecule has 0 unspecified atom stereocenters. The minimum atomic E-state index is -1.18. The minimum absolute atomic E-state index is 0.175. The number of rotatable bonds is 14. The van der Waals surface area contributed by atoms with Crippen LogP contribution in [0.2, 0.25) is 5.02 Å². The molecule has 13 heteroatoms. The summed E-state index contributed by atoms with van der Waals surface area (Å²) in [5.74, 6) is 1.14. The first-order valence-corrected chi connectivity index (χ1v) is 14.4. The van der Waals surface area contributed by atoms with Crippen molar-refractivity contribution in [1.82, 2.24) is 16.1 Å². The Bertz CT molecular complexity index is 1560. The van der Waals surface area contributed by atoms with E-state index in [9.17, 15) is 14.7 Å². The number of ether oxygens (including phenoxy) is 5. The van der Waals surface area contributed by atoms with Crippen LogP contribution in [0, 0.1) is 0 Å². The number of allylic oxidation sites excluding steroid dienone is 1. The molecule has 4 rings (SSSR count). The zero-order valence-electron chi connectivity index (χ0n) is 25.3. The van der Waals surface area contributed by atoms with Gasteiger partial charge >= 0.3 is 12.0 Å². The smallest absolute Gasteiger partial charge is 0.337 e. The van der Waals surface area contributed by atoms with Gasteiger partial charge in [-0.2, -0.15) is 5.10 Å². The lowest BCUT2D eigenvalue weighted by atomic mass is 9.95. The fourth-order valence-electron chi connectivity index (χ4n) is 4.50. The van der Waals surface area contributed by atoms with Crippen molar-refractivity contribution in [2.75, 3.05) is 27.4 Å². The molecule has 2 atom stereocenters. The molecule has 1 aliphatic rings. The third kappa shape index (κ3) is 8.58. The SMILES string of the molecule is CCOc1cc([C@@H]2NC(=O)NC(C)=C2C(=O)OC)ccc1OC[C@@H](O)N/N=C/c1cccc(OC)c1OCc1ccc(Cl)cc1. The van der Waals surface area contributed by atoms with Gasteiger partial charge in [-0.25, -0.2) is 9.59 Å².